The standard InChI is InChI=1S/C23H16BrCl2N3O/c24-19-7-3-1-6-18(19)23(30)28-27-12-16-14-29(22-8-4-2-5-17(16)22)13-15-9-10-20(25)21(26)11-15/h1-12,14H,13H2,(H,28,30)/b27-12+. The number of halogens is 3. The number of fused-ring (bicyclic) bond motifs is 1. The summed E-state index contributed by atoms with van der Waals surface area (Å²) in [6.07, 6.45) is 3.66. The van der Waals surface area contributed by atoms with Gasteiger partial charge in [-0.25, -0.2) is 5.43 Å². The Morgan fingerprint density at radius 2 is 1.80 bits per heavy atom. The van der Waals surface area contributed by atoms with Gasteiger partial charge in [0.05, 0.1) is 21.8 Å². The second kappa shape index (κ2) is 9.04. The number of aromatic nitrogens is 1. The summed E-state index contributed by atoms with van der Waals surface area (Å²) >= 11 is 15.6. The van der Waals surface area contributed by atoms with Crippen LogP contribution >= 0.6 is 39.1 Å². The summed E-state index contributed by atoms with van der Waals surface area (Å²) in [5, 5.41) is 6.26. The van der Waals surface area contributed by atoms with Crippen molar-refractivity contribution in [1.82, 2.24) is 9.99 Å². The van der Waals surface area contributed by atoms with Crippen molar-refractivity contribution >= 4 is 62.2 Å². The Labute approximate surface area is 192 Å². The molecule has 0 fully saturated rings. The lowest BCUT2D eigenvalue weighted by molar-refractivity contribution is 0.0954. The van der Waals surface area contributed by atoms with Crippen molar-refractivity contribution in [1.29, 1.82) is 0 Å². The van der Waals surface area contributed by atoms with E-state index in [2.05, 4.69) is 31.0 Å². The largest absolute Gasteiger partial charge is 0.342 e. The smallest absolute Gasteiger partial charge is 0.272 e. The Morgan fingerprint density at radius 3 is 2.60 bits per heavy atom. The number of amides is 1. The van der Waals surface area contributed by atoms with E-state index in [1.165, 1.54) is 0 Å². The Balaban J connectivity index is 1.59. The van der Waals surface area contributed by atoms with Gasteiger partial charge in [-0.3, -0.25) is 4.79 Å². The van der Waals surface area contributed by atoms with Crippen LogP contribution in [-0.2, 0) is 6.54 Å². The van der Waals surface area contributed by atoms with Crippen molar-refractivity contribution in [2.75, 3.05) is 0 Å². The number of nitrogens with one attached hydrogen (secondary N) is 1. The highest BCUT2D eigenvalue weighted by Crippen LogP contribution is 2.25. The molecule has 0 spiro atoms. The maximum atomic E-state index is 12.3. The first kappa shape index (κ1) is 20.7. The number of hydrogen-bond acceptors (Lipinski definition) is 2. The highest BCUT2D eigenvalue weighted by Gasteiger charge is 2.10. The Bertz CT molecular complexity index is 1270. The van der Waals surface area contributed by atoms with E-state index < -0.39 is 0 Å². The summed E-state index contributed by atoms with van der Waals surface area (Å²) in [6.45, 7) is 0.633. The molecular formula is C23H16BrCl2N3O. The molecular weight excluding hydrogens is 485 g/mol. The highest BCUT2D eigenvalue weighted by atomic mass is 79.9. The minimum Gasteiger partial charge on any atom is -0.342 e. The maximum absolute atomic E-state index is 12.3. The molecule has 150 valence electrons. The van der Waals surface area contributed by atoms with E-state index in [9.17, 15) is 4.79 Å². The van der Waals surface area contributed by atoms with Crippen LogP contribution in [0.15, 0.2) is 82.5 Å². The first-order valence-corrected chi connectivity index (χ1v) is 10.7. The van der Waals surface area contributed by atoms with Gasteiger partial charge in [-0.1, -0.05) is 59.6 Å². The first-order valence-electron chi connectivity index (χ1n) is 9.12. The maximum Gasteiger partial charge on any atom is 0.272 e. The molecule has 0 saturated heterocycles. The van der Waals surface area contributed by atoms with Crippen LogP contribution in [0.5, 0.6) is 0 Å². The molecule has 1 aromatic heterocycles. The molecule has 30 heavy (non-hydrogen) atoms. The molecule has 4 rings (SSSR count). The third-order valence-corrected chi connectivity index (χ3v) is 6.08. The van der Waals surface area contributed by atoms with Gasteiger partial charge in [0.2, 0.25) is 0 Å². The van der Waals surface area contributed by atoms with Gasteiger partial charge in [0, 0.05) is 33.7 Å². The number of hydrogen-bond donors (Lipinski definition) is 1. The number of para-hydroxylation sites is 1. The summed E-state index contributed by atoms with van der Waals surface area (Å²) in [7, 11) is 0. The van der Waals surface area contributed by atoms with Gasteiger partial charge in [-0.05, 0) is 51.8 Å². The number of hydrazone groups is 1. The van der Waals surface area contributed by atoms with Crippen LogP contribution < -0.4 is 5.43 Å². The van der Waals surface area contributed by atoms with Gasteiger partial charge in [-0.2, -0.15) is 5.10 Å². The fourth-order valence-corrected chi connectivity index (χ4v) is 4.00. The van der Waals surface area contributed by atoms with Crippen molar-refractivity contribution in [3.63, 3.8) is 0 Å². The summed E-state index contributed by atoms with van der Waals surface area (Å²) in [6, 6.07) is 20.9. The van der Waals surface area contributed by atoms with E-state index in [1.807, 2.05) is 54.7 Å². The van der Waals surface area contributed by atoms with Crippen molar-refractivity contribution < 1.29 is 4.79 Å². The predicted octanol–water partition coefficient (Wildman–Crippen LogP) is 6.52. The van der Waals surface area contributed by atoms with E-state index in [0.29, 0.717) is 22.2 Å². The van der Waals surface area contributed by atoms with Crippen LogP contribution in [0.3, 0.4) is 0 Å². The minimum absolute atomic E-state index is 0.279. The molecule has 0 unspecified atom stereocenters. The van der Waals surface area contributed by atoms with Crippen molar-refractivity contribution in [2.24, 2.45) is 5.10 Å². The van der Waals surface area contributed by atoms with Gasteiger partial charge >= 0.3 is 0 Å². The zero-order valence-corrected chi connectivity index (χ0v) is 18.7. The van der Waals surface area contributed by atoms with E-state index in [4.69, 9.17) is 23.2 Å². The molecule has 3 aromatic carbocycles. The summed E-state index contributed by atoms with van der Waals surface area (Å²) in [5.41, 5.74) is 6.11. The molecule has 4 aromatic rings. The minimum atomic E-state index is -0.279. The Kier molecular flexibility index (Phi) is 6.23. The Hall–Kier alpha value is -2.60. The molecule has 0 atom stereocenters. The van der Waals surface area contributed by atoms with Gasteiger partial charge in [0.15, 0.2) is 0 Å². The first-order chi connectivity index (χ1) is 14.5. The number of carbonyl (C=O) groups is 1. The fraction of sp³-hybridized carbons (Fsp3) is 0.0435. The normalized spacial score (nSPS) is 11.3. The van der Waals surface area contributed by atoms with Crippen LogP contribution in [0.25, 0.3) is 10.9 Å². The lowest BCUT2D eigenvalue weighted by Crippen LogP contribution is -2.18. The highest BCUT2D eigenvalue weighted by molar-refractivity contribution is 9.10. The predicted molar refractivity (Wildman–Crippen MR) is 127 cm³/mol. The Morgan fingerprint density at radius 1 is 1.03 bits per heavy atom. The molecule has 0 radical (unpaired) electrons. The van der Waals surface area contributed by atoms with Crippen LogP contribution in [0.4, 0.5) is 0 Å². The van der Waals surface area contributed by atoms with Gasteiger partial charge < -0.3 is 4.57 Å². The molecule has 0 aliphatic carbocycles. The molecule has 0 aliphatic rings. The zero-order valence-electron chi connectivity index (χ0n) is 15.6. The van der Waals surface area contributed by atoms with Crippen molar-refractivity contribution in [2.45, 2.75) is 6.54 Å². The van der Waals surface area contributed by atoms with Crippen LogP contribution in [0.2, 0.25) is 10.0 Å². The topological polar surface area (TPSA) is 46.4 Å². The van der Waals surface area contributed by atoms with Crippen LogP contribution in [0.1, 0.15) is 21.5 Å². The van der Waals surface area contributed by atoms with E-state index in [1.54, 1.807) is 24.4 Å². The SMILES string of the molecule is O=C(N/N=C/c1cn(Cc2ccc(Cl)c(Cl)c2)c2ccccc12)c1ccccc1Br. The summed E-state index contributed by atoms with van der Waals surface area (Å²) in [5.74, 6) is -0.279. The number of benzene rings is 3. The molecule has 1 heterocycles. The van der Waals surface area contributed by atoms with E-state index in [-0.39, 0.29) is 5.91 Å². The van der Waals surface area contributed by atoms with Crippen LogP contribution in [0, 0.1) is 0 Å². The molecule has 7 heteroatoms. The monoisotopic (exact) mass is 499 g/mol. The van der Waals surface area contributed by atoms with Crippen molar-refractivity contribution in [3.8, 4) is 0 Å². The van der Waals surface area contributed by atoms with Gasteiger partial charge in [0.1, 0.15) is 0 Å². The van der Waals surface area contributed by atoms with Crippen molar-refractivity contribution in [3.05, 3.63) is 104 Å². The number of carbonyl (C=O) groups excluding carboxylic acids is 1. The zero-order chi connectivity index (χ0) is 21.1. The van der Waals surface area contributed by atoms with Gasteiger partial charge in [-0.15, -0.1) is 0 Å². The lowest BCUT2D eigenvalue weighted by atomic mass is 10.2. The van der Waals surface area contributed by atoms with E-state index in [0.717, 1.165) is 26.5 Å². The quantitative estimate of drug-likeness (QED) is 0.246. The van der Waals surface area contributed by atoms with Gasteiger partial charge in [0.25, 0.3) is 5.91 Å². The average Bonchev–Trinajstić information content (AvgIpc) is 3.08. The summed E-state index contributed by atoms with van der Waals surface area (Å²) in [4.78, 5) is 12.3. The average molecular weight is 501 g/mol. The second-order valence-electron chi connectivity index (χ2n) is 6.66. The molecule has 1 N–H and O–H groups in total. The number of nitrogens with zero attached hydrogens (tertiary/aromatic N) is 2. The second-order valence-corrected chi connectivity index (χ2v) is 8.33. The number of rotatable bonds is 5. The molecule has 1 amide bonds. The molecule has 4 nitrogen and oxygen atoms in total. The van der Waals surface area contributed by atoms with E-state index >= 15 is 0 Å². The van der Waals surface area contributed by atoms with Crippen LogP contribution in [-0.4, -0.2) is 16.7 Å². The summed E-state index contributed by atoms with van der Waals surface area (Å²) < 4.78 is 2.84. The molecule has 0 bridgehead atoms. The molecule has 0 saturated carbocycles. The third-order valence-electron chi connectivity index (χ3n) is 4.64. The molecule has 0 aliphatic heterocycles. The lowest BCUT2D eigenvalue weighted by Gasteiger charge is -2.06. The third kappa shape index (κ3) is 4.43. The fourth-order valence-electron chi connectivity index (χ4n) is 3.21.